The number of amides is 2. The number of carbonyl (C=O) groups is 6. The van der Waals surface area contributed by atoms with Crippen LogP contribution in [0.3, 0.4) is 0 Å². The molecule has 0 saturated carbocycles. The van der Waals surface area contributed by atoms with Crippen molar-refractivity contribution in [1.29, 1.82) is 0 Å². The van der Waals surface area contributed by atoms with Crippen LogP contribution in [0.1, 0.15) is 19.4 Å². The molecular formula is C22H28N2O11. The molecule has 2 atom stereocenters. The van der Waals surface area contributed by atoms with Crippen LogP contribution in [-0.2, 0) is 49.4 Å². The maximum Gasteiger partial charge on any atom is 0.345 e. The molecule has 0 fully saturated rings. The number of carboxylic acids is 1. The highest BCUT2D eigenvalue weighted by Gasteiger charge is 2.25. The van der Waals surface area contributed by atoms with Crippen LogP contribution >= 0.6 is 0 Å². The van der Waals surface area contributed by atoms with E-state index in [1.165, 1.54) is 0 Å². The fourth-order valence-corrected chi connectivity index (χ4v) is 2.43. The Kier molecular flexibility index (Phi) is 12.4. The van der Waals surface area contributed by atoms with Crippen molar-refractivity contribution in [1.82, 2.24) is 10.6 Å². The molecule has 0 heterocycles. The number of rotatable bonds is 14. The van der Waals surface area contributed by atoms with Crippen molar-refractivity contribution in [2.75, 3.05) is 26.3 Å². The van der Waals surface area contributed by atoms with Crippen LogP contribution in [0.25, 0.3) is 0 Å². The van der Waals surface area contributed by atoms with Crippen molar-refractivity contribution < 1.29 is 53.2 Å². The van der Waals surface area contributed by atoms with Gasteiger partial charge in [0.15, 0.2) is 19.3 Å². The number of nitrogens with one attached hydrogen (secondary N) is 2. The molecule has 0 aliphatic rings. The van der Waals surface area contributed by atoms with Gasteiger partial charge in [-0.25, -0.2) is 9.59 Å². The van der Waals surface area contributed by atoms with Gasteiger partial charge in [0, 0.05) is 6.42 Å². The molecule has 13 heteroatoms. The number of hydrogen-bond donors (Lipinski definition) is 4. The Hall–Kier alpha value is -4.00. The maximum absolute atomic E-state index is 12.5. The summed E-state index contributed by atoms with van der Waals surface area (Å²) in [5.41, 5.74) is 0.623. The van der Waals surface area contributed by atoms with Crippen LogP contribution in [0.4, 0.5) is 0 Å². The van der Waals surface area contributed by atoms with Crippen molar-refractivity contribution in [2.24, 2.45) is 5.92 Å². The molecule has 1 rings (SSSR count). The molecule has 0 spiro atoms. The summed E-state index contributed by atoms with van der Waals surface area (Å²) < 4.78 is 14.2. The minimum Gasteiger partial charge on any atom is -0.479 e. The lowest BCUT2D eigenvalue weighted by atomic mass is 10.1. The Morgan fingerprint density at radius 2 is 1.37 bits per heavy atom. The molecule has 0 radical (unpaired) electrons. The summed E-state index contributed by atoms with van der Waals surface area (Å²) in [4.78, 5) is 69.9. The summed E-state index contributed by atoms with van der Waals surface area (Å²) in [5.74, 6) is -6.44. The summed E-state index contributed by atoms with van der Waals surface area (Å²) in [6.07, 6.45) is -2.79. The van der Waals surface area contributed by atoms with Gasteiger partial charge in [0.25, 0.3) is 5.91 Å². The minimum absolute atomic E-state index is 0.0698. The lowest BCUT2D eigenvalue weighted by Gasteiger charge is -2.18. The van der Waals surface area contributed by atoms with E-state index in [2.05, 4.69) is 15.4 Å². The smallest absolute Gasteiger partial charge is 0.345 e. The van der Waals surface area contributed by atoms with Gasteiger partial charge in [-0.05, 0) is 11.5 Å². The van der Waals surface area contributed by atoms with Crippen molar-refractivity contribution in [3.05, 3.63) is 35.9 Å². The van der Waals surface area contributed by atoms with Gasteiger partial charge in [-0.2, -0.15) is 0 Å². The number of aliphatic hydroxyl groups is 1. The Morgan fingerprint density at radius 1 is 0.829 bits per heavy atom. The fourth-order valence-electron chi connectivity index (χ4n) is 2.43. The highest BCUT2D eigenvalue weighted by atomic mass is 16.6. The number of ether oxygens (including phenoxy) is 3. The average molecular weight is 496 g/mol. The predicted octanol–water partition coefficient (Wildman–Crippen LogP) is -1.44. The van der Waals surface area contributed by atoms with E-state index in [-0.39, 0.29) is 12.3 Å². The van der Waals surface area contributed by atoms with E-state index in [0.717, 1.165) is 0 Å². The lowest BCUT2D eigenvalue weighted by Crippen LogP contribution is -2.43. The summed E-state index contributed by atoms with van der Waals surface area (Å²) >= 11 is 0. The number of benzene rings is 1. The molecule has 0 saturated heterocycles. The summed E-state index contributed by atoms with van der Waals surface area (Å²) in [7, 11) is 0. The van der Waals surface area contributed by atoms with Crippen LogP contribution in [0.15, 0.2) is 30.3 Å². The van der Waals surface area contributed by atoms with Gasteiger partial charge in [-0.1, -0.05) is 44.2 Å². The van der Waals surface area contributed by atoms with Crippen molar-refractivity contribution in [3.8, 4) is 0 Å². The Morgan fingerprint density at radius 3 is 1.91 bits per heavy atom. The molecule has 4 N–H and O–H groups in total. The van der Waals surface area contributed by atoms with Crippen molar-refractivity contribution in [2.45, 2.75) is 32.5 Å². The molecule has 35 heavy (non-hydrogen) atoms. The third-order valence-electron chi connectivity index (χ3n) is 4.25. The van der Waals surface area contributed by atoms with E-state index in [1.807, 2.05) is 0 Å². The SMILES string of the molecule is CC(C)C(O)C(=O)NCC(=O)OCC(=O)OC(Cc1ccccc1)C(=O)NCC(=O)OCC(=O)O. The second-order valence-corrected chi connectivity index (χ2v) is 7.51. The zero-order chi connectivity index (χ0) is 26.4. The Balaban J connectivity index is 2.61. The van der Waals surface area contributed by atoms with Crippen LogP contribution in [0.2, 0.25) is 0 Å². The summed E-state index contributed by atoms with van der Waals surface area (Å²) in [5, 5.41) is 22.4. The topological polar surface area (TPSA) is 195 Å². The average Bonchev–Trinajstić information content (AvgIpc) is 2.82. The molecule has 2 amide bonds. The van der Waals surface area contributed by atoms with Crippen LogP contribution < -0.4 is 10.6 Å². The van der Waals surface area contributed by atoms with Crippen molar-refractivity contribution in [3.63, 3.8) is 0 Å². The van der Waals surface area contributed by atoms with Crippen LogP contribution in [-0.4, -0.2) is 84.4 Å². The van der Waals surface area contributed by atoms with Gasteiger partial charge in [0.2, 0.25) is 5.91 Å². The minimum atomic E-state index is -1.41. The number of carboxylic acid groups (broad SMARTS) is 1. The largest absolute Gasteiger partial charge is 0.479 e. The zero-order valence-corrected chi connectivity index (χ0v) is 19.2. The highest BCUT2D eigenvalue weighted by molar-refractivity contribution is 5.88. The first kappa shape index (κ1) is 29.0. The number of aliphatic carboxylic acids is 1. The van der Waals surface area contributed by atoms with Gasteiger partial charge in [0.1, 0.15) is 19.2 Å². The molecule has 0 aliphatic heterocycles. The number of carbonyl (C=O) groups excluding carboxylic acids is 5. The third kappa shape index (κ3) is 12.1. The molecule has 13 nitrogen and oxygen atoms in total. The van der Waals surface area contributed by atoms with E-state index in [9.17, 15) is 33.9 Å². The van der Waals surface area contributed by atoms with E-state index >= 15 is 0 Å². The first-order chi connectivity index (χ1) is 16.5. The summed E-state index contributed by atoms with van der Waals surface area (Å²) in [6, 6.07) is 8.47. The molecule has 0 bridgehead atoms. The van der Waals surface area contributed by atoms with E-state index in [0.29, 0.717) is 5.56 Å². The van der Waals surface area contributed by atoms with Crippen LogP contribution in [0.5, 0.6) is 0 Å². The molecular weight excluding hydrogens is 468 g/mol. The number of esters is 3. The van der Waals surface area contributed by atoms with E-state index in [4.69, 9.17) is 14.6 Å². The molecule has 0 aromatic heterocycles. The fraction of sp³-hybridized carbons (Fsp3) is 0.455. The normalized spacial score (nSPS) is 12.1. The predicted molar refractivity (Wildman–Crippen MR) is 116 cm³/mol. The second-order valence-electron chi connectivity index (χ2n) is 7.51. The highest BCUT2D eigenvalue weighted by Crippen LogP contribution is 2.07. The Bertz CT molecular complexity index is 902. The van der Waals surface area contributed by atoms with Gasteiger partial charge in [-0.15, -0.1) is 0 Å². The molecule has 2 unspecified atom stereocenters. The first-order valence-corrected chi connectivity index (χ1v) is 10.5. The second kappa shape index (κ2) is 15.0. The zero-order valence-electron chi connectivity index (χ0n) is 19.2. The van der Waals surface area contributed by atoms with Gasteiger partial charge in [-0.3, -0.25) is 19.2 Å². The lowest BCUT2D eigenvalue weighted by molar-refractivity contribution is -0.165. The molecule has 1 aromatic rings. The molecule has 1 aromatic carbocycles. The van der Waals surface area contributed by atoms with Crippen molar-refractivity contribution >= 4 is 35.7 Å². The standard InChI is InChI=1S/C22H28N2O11/c1-13(2)20(30)22(32)24-10-18(28)34-12-19(29)35-15(8-14-6-4-3-5-7-14)21(31)23-9-17(27)33-11-16(25)26/h3-7,13,15,20,30H,8-12H2,1-2H3,(H,23,31)(H,24,32)(H,25,26). The monoisotopic (exact) mass is 496 g/mol. The van der Waals surface area contributed by atoms with E-state index < -0.39 is 74.2 Å². The quantitative estimate of drug-likeness (QED) is 0.174. The van der Waals surface area contributed by atoms with E-state index in [1.54, 1.807) is 44.2 Å². The first-order valence-electron chi connectivity index (χ1n) is 10.5. The molecule has 192 valence electrons. The number of hydrogen-bond acceptors (Lipinski definition) is 10. The van der Waals surface area contributed by atoms with Gasteiger partial charge in [0.05, 0.1) is 0 Å². The van der Waals surface area contributed by atoms with Gasteiger partial charge >= 0.3 is 23.9 Å². The summed E-state index contributed by atoms with van der Waals surface area (Å²) in [6.45, 7) is 0.230. The maximum atomic E-state index is 12.5. The number of aliphatic hydroxyl groups excluding tert-OH is 1. The third-order valence-corrected chi connectivity index (χ3v) is 4.25. The molecule has 0 aliphatic carbocycles. The van der Waals surface area contributed by atoms with Crippen LogP contribution in [0, 0.1) is 5.92 Å². The Labute approximate surface area is 200 Å². The van der Waals surface area contributed by atoms with Gasteiger partial charge < -0.3 is 35.1 Å².